The summed E-state index contributed by atoms with van der Waals surface area (Å²) in [7, 11) is 0. The SMILES string of the molecule is Cc1ccc2c(c1)sc1nc(-c3ccccc3Cl)cn12. The number of imidazole rings is 1. The molecule has 98 valence electrons. The second kappa shape index (κ2) is 4.33. The molecule has 2 nitrogen and oxygen atoms in total. The topological polar surface area (TPSA) is 17.3 Å². The Morgan fingerprint density at radius 2 is 2.00 bits per heavy atom. The van der Waals surface area contributed by atoms with Gasteiger partial charge in [0.05, 0.1) is 20.9 Å². The van der Waals surface area contributed by atoms with E-state index in [0.717, 1.165) is 21.2 Å². The lowest BCUT2D eigenvalue weighted by Gasteiger charge is -1.98. The Hall–Kier alpha value is -1.84. The molecule has 0 unspecified atom stereocenters. The van der Waals surface area contributed by atoms with E-state index in [4.69, 9.17) is 16.6 Å². The summed E-state index contributed by atoms with van der Waals surface area (Å²) >= 11 is 7.95. The third-order valence-corrected chi connectivity index (χ3v) is 4.75. The monoisotopic (exact) mass is 298 g/mol. The van der Waals surface area contributed by atoms with E-state index in [1.165, 1.54) is 15.8 Å². The van der Waals surface area contributed by atoms with Crippen molar-refractivity contribution in [3.05, 3.63) is 59.2 Å². The highest BCUT2D eigenvalue weighted by atomic mass is 35.5. The minimum absolute atomic E-state index is 0.735. The fraction of sp³-hybridized carbons (Fsp3) is 0.0625. The lowest BCUT2D eigenvalue weighted by molar-refractivity contribution is 1.29. The first-order chi connectivity index (χ1) is 9.72. The predicted molar refractivity (Wildman–Crippen MR) is 85.8 cm³/mol. The van der Waals surface area contributed by atoms with E-state index < -0.39 is 0 Å². The molecule has 0 spiro atoms. The van der Waals surface area contributed by atoms with Gasteiger partial charge in [0.2, 0.25) is 0 Å². The third kappa shape index (κ3) is 1.74. The van der Waals surface area contributed by atoms with Crippen LogP contribution in [0.15, 0.2) is 48.7 Å². The predicted octanol–water partition coefficient (Wildman–Crippen LogP) is 5.18. The molecule has 0 aliphatic carbocycles. The Morgan fingerprint density at radius 1 is 1.15 bits per heavy atom. The summed E-state index contributed by atoms with van der Waals surface area (Å²) < 4.78 is 3.40. The van der Waals surface area contributed by atoms with Crippen molar-refractivity contribution in [3.63, 3.8) is 0 Å². The van der Waals surface area contributed by atoms with Gasteiger partial charge in [0, 0.05) is 11.8 Å². The Morgan fingerprint density at radius 3 is 2.85 bits per heavy atom. The molecule has 2 aromatic heterocycles. The van der Waals surface area contributed by atoms with Crippen molar-refractivity contribution >= 4 is 38.1 Å². The molecular formula is C16H11ClN2S. The molecule has 0 N–H and O–H groups in total. The molecule has 0 fully saturated rings. The number of thiazole rings is 1. The van der Waals surface area contributed by atoms with Gasteiger partial charge in [-0.3, -0.25) is 4.40 Å². The third-order valence-electron chi connectivity index (χ3n) is 3.40. The normalized spacial score (nSPS) is 11.5. The van der Waals surface area contributed by atoms with Crippen LogP contribution in [0.4, 0.5) is 0 Å². The van der Waals surface area contributed by atoms with E-state index in [2.05, 4.69) is 35.7 Å². The summed E-state index contributed by atoms with van der Waals surface area (Å²) in [5.41, 5.74) is 4.37. The summed E-state index contributed by atoms with van der Waals surface area (Å²) in [5.74, 6) is 0. The second-order valence-electron chi connectivity index (χ2n) is 4.83. The standard InChI is InChI=1S/C16H11ClN2S/c1-10-6-7-14-15(8-10)20-16-18-13(9-19(14)16)11-4-2-3-5-12(11)17/h2-9H,1H3. The Balaban J connectivity index is 1.98. The van der Waals surface area contributed by atoms with E-state index in [1.54, 1.807) is 11.3 Å². The van der Waals surface area contributed by atoms with Gasteiger partial charge in [-0.1, -0.05) is 47.2 Å². The number of rotatable bonds is 1. The molecule has 0 radical (unpaired) electrons. The molecule has 0 saturated carbocycles. The van der Waals surface area contributed by atoms with Crippen molar-refractivity contribution in [1.29, 1.82) is 0 Å². The zero-order valence-corrected chi connectivity index (χ0v) is 12.4. The van der Waals surface area contributed by atoms with Crippen molar-refractivity contribution in [1.82, 2.24) is 9.38 Å². The van der Waals surface area contributed by atoms with Gasteiger partial charge in [0.15, 0.2) is 4.96 Å². The zero-order valence-electron chi connectivity index (χ0n) is 10.8. The molecule has 0 bridgehead atoms. The smallest absolute Gasteiger partial charge is 0.195 e. The van der Waals surface area contributed by atoms with Crippen LogP contribution >= 0.6 is 22.9 Å². The van der Waals surface area contributed by atoms with E-state index >= 15 is 0 Å². The van der Waals surface area contributed by atoms with Gasteiger partial charge in [-0.2, -0.15) is 0 Å². The molecule has 0 aliphatic heterocycles. The van der Waals surface area contributed by atoms with E-state index in [9.17, 15) is 0 Å². The van der Waals surface area contributed by atoms with Gasteiger partial charge < -0.3 is 0 Å². The molecule has 20 heavy (non-hydrogen) atoms. The number of benzene rings is 2. The molecule has 0 saturated heterocycles. The Kier molecular flexibility index (Phi) is 2.59. The van der Waals surface area contributed by atoms with Crippen LogP contribution in [0.3, 0.4) is 0 Å². The molecule has 4 heteroatoms. The van der Waals surface area contributed by atoms with Crippen molar-refractivity contribution in [2.45, 2.75) is 6.92 Å². The fourth-order valence-corrected chi connectivity index (χ4v) is 3.75. The number of aromatic nitrogens is 2. The highest BCUT2D eigenvalue weighted by molar-refractivity contribution is 7.23. The van der Waals surface area contributed by atoms with Crippen LogP contribution < -0.4 is 0 Å². The van der Waals surface area contributed by atoms with Crippen molar-refractivity contribution in [3.8, 4) is 11.3 Å². The molecule has 2 heterocycles. The first-order valence-electron chi connectivity index (χ1n) is 6.35. The molecule has 0 atom stereocenters. The van der Waals surface area contributed by atoms with E-state index in [1.807, 2.05) is 24.3 Å². The summed E-state index contributed by atoms with van der Waals surface area (Å²) in [6.07, 6.45) is 2.06. The van der Waals surface area contributed by atoms with Gasteiger partial charge in [-0.25, -0.2) is 4.98 Å². The second-order valence-corrected chi connectivity index (χ2v) is 6.25. The molecular weight excluding hydrogens is 288 g/mol. The van der Waals surface area contributed by atoms with Gasteiger partial charge in [0.1, 0.15) is 0 Å². The van der Waals surface area contributed by atoms with Crippen LogP contribution in [0, 0.1) is 6.92 Å². The summed E-state index contributed by atoms with van der Waals surface area (Å²) in [6.45, 7) is 2.11. The quantitative estimate of drug-likeness (QED) is 0.473. The van der Waals surface area contributed by atoms with E-state index in [0.29, 0.717) is 0 Å². The highest BCUT2D eigenvalue weighted by Gasteiger charge is 2.11. The number of nitrogens with zero attached hydrogens (tertiary/aromatic N) is 2. The fourth-order valence-electron chi connectivity index (χ4n) is 2.41. The minimum atomic E-state index is 0.735. The Bertz CT molecular complexity index is 936. The van der Waals surface area contributed by atoms with Crippen molar-refractivity contribution < 1.29 is 0 Å². The van der Waals surface area contributed by atoms with Crippen LogP contribution in [0.1, 0.15) is 5.56 Å². The number of aryl methyl sites for hydroxylation is 1. The number of hydrogen-bond donors (Lipinski definition) is 0. The average Bonchev–Trinajstić information content (AvgIpc) is 2.96. The zero-order chi connectivity index (χ0) is 13.7. The van der Waals surface area contributed by atoms with Gasteiger partial charge >= 0.3 is 0 Å². The van der Waals surface area contributed by atoms with Crippen molar-refractivity contribution in [2.24, 2.45) is 0 Å². The molecule has 0 aliphatic rings. The van der Waals surface area contributed by atoms with Crippen LogP contribution in [-0.2, 0) is 0 Å². The number of halogens is 1. The summed E-state index contributed by atoms with van der Waals surface area (Å²) in [5, 5.41) is 0.735. The number of hydrogen-bond acceptors (Lipinski definition) is 2. The first-order valence-corrected chi connectivity index (χ1v) is 7.55. The van der Waals surface area contributed by atoms with Gasteiger partial charge in [-0.15, -0.1) is 0 Å². The maximum absolute atomic E-state index is 6.25. The van der Waals surface area contributed by atoms with Crippen LogP contribution in [0.5, 0.6) is 0 Å². The van der Waals surface area contributed by atoms with Crippen LogP contribution in [-0.4, -0.2) is 9.38 Å². The Labute approximate surface area is 125 Å². The van der Waals surface area contributed by atoms with Crippen LogP contribution in [0.25, 0.3) is 26.4 Å². The molecule has 4 aromatic rings. The van der Waals surface area contributed by atoms with Crippen LogP contribution in [0.2, 0.25) is 5.02 Å². The largest absolute Gasteiger partial charge is 0.290 e. The summed E-state index contributed by atoms with van der Waals surface area (Å²) in [4.78, 5) is 5.71. The van der Waals surface area contributed by atoms with E-state index in [-0.39, 0.29) is 0 Å². The molecule has 0 amide bonds. The lowest BCUT2D eigenvalue weighted by atomic mass is 10.2. The minimum Gasteiger partial charge on any atom is -0.290 e. The maximum atomic E-state index is 6.25. The highest BCUT2D eigenvalue weighted by Crippen LogP contribution is 2.32. The average molecular weight is 299 g/mol. The van der Waals surface area contributed by atoms with Gasteiger partial charge in [0.25, 0.3) is 0 Å². The molecule has 2 aromatic carbocycles. The maximum Gasteiger partial charge on any atom is 0.195 e. The molecule has 4 rings (SSSR count). The van der Waals surface area contributed by atoms with Crippen molar-refractivity contribution in [2.75, 3.05) is 0 Å². The summed E-state index contributed by atoms with van der Waals surface area (Å²) in [6, 6.07) is 14.3. The van der Waals surface area contributed by atoms with Gasteiger partial charge in [-0.05, 0) is 30.7 Å². The lowest BCUT2D eigenvalue weighted by Crippen LogP contribution is -1.79. The first kappa shape index (κ1) is 11.9. The number of fused-ring (bicyclic) bond motifs is 3.